The van der Waals surface area contributed by atoms with E-state index in [1.807, 2.05) is 0 Å². The molecular weight excluding hydrogens is 448 g/mol. The number of hydrogen-bond donors (Lipinski definition) is 0. The van der Waals surface area contributed by atoms with Gasteiger partial charge in [0.15, 0.2) is 0 Å². The molecule has 2 aromatic heterocycles. The number of nitrogens with zero attached hydrogens (tertiary/aromatic N) is 6. The van der Waals surface area contributed by atoms with Crippen molar-refractivity contribution in [1.29, 1.82) is 0 Å². The van der Waals surface area contributed by atoms with Crippen LogP contribution in [0.2, 0.25) is 0 Å². The zero-order valence-electron chi connectivity index (χ0n) is 15.2. The smallest absolute Gasteiger partial charge is 0.274 e. The number of hydrogen-bond acceptors (Lipinski definition) is 6. The van der Waals surface area contributed by atoms with Crippen LogP contribution in [-0.4, -0.2) is 63.0 Å². The zero-order valence-corrected chi connectivity index (χ0v) is 17.6. The van der Waals surface area contributed by atoms with Crippen molar-refractivity contribution >= 4 is 31.7 Å². The van der Waals surface area contributed by atoms with Crippen molar-refractivity contribution in [3.05, 3.63) is 57.2 Å². The maximum absolute atomic E-state index is 12.8. The first-order valence-electron chi connectivity index (χ1n) is 8.74. The van der Waals surface area contributed by atoms with Crippen LogP contribution in [0.5, 0.6) is 0 Å². The highest BCUT2D eigenvalue weighted by molar-refractivity contribution is 9.10. The molecule has 0 spiro atoms. The number of aromatic nitrogens is 4. The quantitative estimate of drug-likeness (QED) is 0.567. The van der Waals surface area contributed by atoms with E-state index in [0.29, 0.717) is 44.3 Å². The van der Waals surface area contributed by atoms with Crippen molar-refractivity contribution in [3.8, 4) is 0 Å². The van der Waals surface area contributed by atoms with Crippen LogP contribution in [0.15, 0.2) is 50.8 Å². The first-order chi connectivity index (χ1) is 13.3. The fraction of sp³-hybridized carbons (Fsp3) is 0.353. The van der Waals surface area contributed by atoms with Crippen molar-refractivity contribution in [1.82, 2.24) is 28.4 Å². The monoisotopic (exact) mass is 466 g/mol. The summed E-state index contributed by atoms with van der Waals surface area (Å²) in [5, 5.41) is 0. The van der Waals surface area contributed by atoms with Gasteiger partial charge in [-0.1, -0.05) is 22.0 Å². The normalized spacial score (nSPS) is 16.6. The van der Waals surface area contributed by atoms with E-state index < -0.39 is 10.0 Å². The summed E-state index contributed by atoms with van der Waals surface area (Å²) in [6, 6.07) is 8.19. The second-order valence-corrected chi connectivity index (χ2v) is 9.51. The molecule has 9 nitrogen and oxygen atoms in total. The molecule has 3 aromatic rings. The van der Waals surface area contributed by atoms with E-state index in [-0.39, 0.29) is 10.5 Å². The van der Waals surface area contributed by atoms with Gasteiger partial charge in [-0.2, -0.15) is 13.8 Å². The number of aryl methyl sites for hydroxylation is 1. The van der Waals surface area contributed by atoms with Crippen LogP contribution in [0.25, 0.3) is 5.78 Å². The van der Waals surface area contributed by atoms with Gasteiger partial charge >= 0.3 is 0 Å². The van der Waals surface area contributed by atoms with Crippen LogP contribution < -0.4 is 5.56 Å². The lowest BCUT2D eigenvalue weighted by Crippen LogP contribution is -2.49. The molecule has 0 saturated carbocycles. The standard InChI is InChI=1S/C17H19BrN6O3S/c1-13-9-16(25)24-17(20-13)19-11-22(24)12-21-5-7-23(8-6-21)28(26,27)15-4-2-3-14(18)10-15/h2-4,9-11H,5-8,12H2,1H3. The number of benzene rings is 1. The molecule has 1 aliphatic heterocycles. The van der Waals surface area contributed by atoms with E-state index in [1.54, 1.807) is 42.2 Å². The molecule has 0 amide bonds. The Morgan fingerprint density at radius 1 is 1.14 bits per heavy atom. The molecule has 28 heavy (non-hydrogen) atoms. The SMILES string of the molecule is Cc1cc(=O)n2c(ncn2CN2CCN(S(=O)(=O)c3cccc(Br)c3)CC2)n1. The summed E-state index contributed by atoms with van der Waals surface area (Å²) < 4.78 is 31.0. The Kier molecular flexibility index (Phi) is 5.08. The van der Waals surface area contributed by atoms with E-state index >= 15 is 0 Å². The lowest BCUT2D eigenvalue weighted by molar-refractivity contribution is 0.142. The average molecular weight is 467 g/mol. The molecule has 0 aliphatic carbocycles. The highest BCUT2D eigenvalue weighted by Crippen LogP contribution is 2.21. The van der Waals surface area contributed by atoms with E-state index in [2.05, 4.69) is 30.8 Å². The lowest BCUT2D eigenvalue weighted by Gasteiger charge is -2.33. The minimum absolute atomic E-state index is 0.184. The van der Waals surface area contributed by atoms with Gasteiger partial charge in [0.05, 0.1) is 11.6 Å². The molecule has 0 N–H and O–H groups in total. The van der Waals surface area contributed by atoms with Crippen molar-refractivity contribution < 1.29 is 8.42 Å². The Hall–Kier alpha value is -2.08. The second kappa shape index (κ2) is 7.39. The lowest BCUT2D eigenvalue weighted by atomic mass is 10.4. The number of fused-ring (bicyclic) bond motifs is 1. The molecule has 1 aliphatic rings. The predicted octanol–water partition coefficient (Wildman–Crippen LogP) is 0.926. The van der Waals surface area contributed by atoms with Crippen LogP contribution in [0.1, 0.15) is 5.69 Å². The Morgan fingerprint density at radius 3 is 2.61 bits per heavy atom. The molecule has 11 heteroatoms. The fourth-order valence-corrected chi connectivity index (χ4v) is 5.28. The predicted molar refractivity (Wildman–Crippen MR) is 106 cm³/mol. The van der Waals surface area contributed by atoms with Crippen LogP contribution in [-0.2, 0) is 16.7 Å². The van der Waals surface area contributed by atoms with Gasteiger partial charge < -0.3 is 0 Å². The molecule has 1 fully saturated rings. The number of piperazine rings is 1. The average Bonchev–Trinajstić information content (AvgIpc) is 3.05. The van der Waals surface area contributed by atoms with Crippen molar-refractivity contribution in [2.24, 2.45) is 0 Å². The third kappa shape index (κ3) is 3.62. The summed E-state index contributed by atoms with van der Waals surface area (Å²) in [6.45, 7) is 4.07. The van der Waals surface area contributed by atoms with Crippen LogP contribution >= 0.6 is 15.9 Å². The Balaban J connectivity index is 1.47. The third-order valence-corrected chi connectivity index (χ3v) is 7.07. The molecule has 4 rings (SSSR count). The van der Waals surface area contributed by atoms with Gasteiger partial charge in [0.2, 0.25) is 10.0 Å². The Morgan fingerprint density at radius 2 is 1.89 bits per heavy atom. The molecule has 148 valence electrons. The number of halogens is 1. The first-order valence-corrected chi connectivity index (χ1v) is 11.0. The highest BCUT2D eigenvalue weighted by atomic mass is 79.9. The fourth-order valence-electron chi connectivity index (χ4n) is 3.26. The maximum atomic E-state index is 12.8. The highest BCUT2D eigenvalue weighted by Gasteiger charge is 2.28. The molecular formula is C17H19BrN6O3S. The Bertz CT molecular complexity index is 1180. The third-order valence-electron chi connectivity index (χ3n) is 4.68. The van der Waals surface area contributed by atoms with Gasteiger partial charge in [-0.05, 0) is 25.1 Å². The number of rotatable bonds is 4. The van der Waals surface area contributed by atoms with Crippen molar-refractivity contribution in [2.75, 3.05) is 26.2 Å². The van der Waals surface area contributed by atoms with Crippen LogP contribution in [0, 0.1) is 6.92 Å². The molecule has 0 bridgehead atoms. The number of sulfonamides is 1. The molecule has 0 unspecified atom stereocenters. The van der Waals surface area contributed by atoms with Gasteiger partial charge in [0.25, 0.3) is 11.3 Å². The second-order valence-electron chi connectivity index (χ2n) is 6.65. The molecule has 0 radical (unpaired) electrons. The summed E-state index contributed by atoms with van der Waals surface area (Å²) in [5.74, 6) is 0.362. The Labute approximate surface area is 170 Å². The molecule has 0 atom stereocenters. The summed E-state index contributed by atoms with van der Waals surface area (Å²) in [5.41, 5.74) is 0.442. The first kappa shape index (κ1) is 19.2. The summed E-state index contributed by atoms with van der Waals surface area (Å²) in [4.78, 5) is 23.1. The van der Waals surface area contributed by atoms with Crippen molar-refractivity contribution in [3.63, 3.8) is 0 Å². The van der Waals surface area contributed by atoms with Crippen molar-refractivity contribution in [2.45, 2.75) is 18.5 Å². The van der Waals surface area contributed by atoms with E-state index in [1.165, 1.54) is 14.9 Å². The summed E-state index contributed by atoms with van der Waals surface area (Å²) in [6.07, 6.45) is 1.58. The molecule has 1 saturated heterocycles. The van der Waals surface area contributed by atoms with Crippen LogP contribution in [0.3, 0.4) is 0 Å². The minimum Gasteiger partial charge on any atom is -0.282 e. The zero-order chi connectivity index (χ0) is 19.9. The maximum Gasteiger partial charge on any atom is 0.274 e. The summed E-state index contributed by atoms with van der Waals surface area (Å²) in [7, 11) is -3.52. The van der Waals surface area contributed by atoms with Gasteiger partial charge in [-0.25, -0.2) is 18.1 Å². The minimum atomic E-state index is -3.52. The van der Waals surface area contributed by atoms with Gasteiger partial charge in [-0.15, -0.1) is 0 Å². The van der Waals surface area contributed by atoms with Gasteiger partial charge in [0, 0.05) is 42.4 Å². The van der Waals surface area contributed by atoms with E-state index in [4.69, 9.17) is 0 Å². The topological polar surface area (TPSA) is 92.8 Å². The van der Waals surface area contributed by atoms with Crippen LogP contribution in [0.4, 0.5) is 0 Å². The molecule has 1 aromatic carbocycles. The molecule has 3 heterocycles. The van der Waals surface area contributed by atoms with Gasteiger partial charge in [0.1, 0.15) is 6.33 Å². The summed E-state index contributed by atoms with van der Waals surface area (Å²) >= 11 is 3.32. The van der Waals surface area contributed by atoms with E-state index in [0.717, 1.165) is 4.47 Å². The van der Waals surface area contributed by atoms with E-state index in [9.17, 15) is 13.2 Å². The van der Waals surface area contributed by atoms with Gasteiger partial charge in [-0.3, -0.25) is 9.69 Å². The largest absolute Gasteiger partial charge is 0.282 e.